The third-order valence-electron chi connectivity index (χ3n) is 3.27. The van der Waals surface area contributed by atoms with Gasteiger partial charge in [-0.3, -0.25) is 5.10 Å². The summed E-state index contributed by atoms with van der Waals surface area (Å²) in [4.78, 5) is 18.5. The number of hydrogen-bond donors (Lipinski definition) is 2. The molecule has 0 saturated carbocycles. The second-order valence-electron chi connectivity index (χ2n) is 4.47. The molecule has 2 N–H and O–H groups in total. The van der Waals surface area contributed by atoms with E-state index in [-0.39, 0.29) is 5.97 Å². The molecule has 0 unspecified atom stereocenters. The Morgan fingerprint density at radius 1 is 1.33 bits per heavy atom. The molecule has 0 atom stereocenters. The number of rotatable bonds is 3. The minimum atomic E-state index is -0.357. The number of nitrogens with one attached hydrogen (secondary N) is 1. The summed E-state index contributed by atoms with van der Waals surface area (Å²) >= 11 is 0. The first-order valence-electron chi connectivity index (χ1n) is 8.08. The number of ether oxygens (including phenoxy) is 2. The number of esters is 1. The topological polar surface area (TPSA) is 101 Å². The van der Waals surface area contributed by atoms with Crippen LogP contribution in [0.4, 0.5) is 5.69 Å². The van der Waals surface area contributed by atoms with Gasteiger partial charge >= 0.3 is 5.97 Å². The zero-order valence-corrected chi connectivity index (χ0v) is 14.7. The van der Waals surface area contributed by atoms with Gasteiger partial charge in [0.1, 0.15) is 5.56 Å². The molecule has 3 heterocycles. The van der Waals surface area contributed by atoms with Crippen molar-refractivity contribution in [3.05, 3.63) is 18.0 Å². The lowest BCUT2D eigenvalue weighted by Crippen LogP contribution is -2.37. The van der Waals surface area contributed by atoms with Crippen LogP contribution < -0.4 is 4.90 Å². The van der Waals surface area contributed by atoms with E-state index in [2.05, 4.69) is 20.1 Å². The number of morpholine rings is 1. The van der Waals surface area contributed by atoms with Gasteiger partial charge in [0.15, 0.2) is 5.65 Å². The molecular weight excluding hydrogens is 312 g/mol. The Morgan fingerprint density at radius 2 is 2.00 bits per heavy atom. The summed E-state index contributed by atoms with van der Waals surface area (Å²) in [5.74, 6) is -0.357. The average molecular weight is 338 g/mol. The lowest BCUT2D eigenvalue weighted by molar-refractivity contribution is 0.0526. The van der Waals surface area contributed by atoms with Crippen molar-refractivity contribution in [3.63, 3.8) is 0 Å². The molecule has 1 saturated heterocycles. The van der Waals surface area contributed by atoms with E-state index in [0.29, 0.717) is 31.0 Å². The van der Waals surface area contributed by atoms with E-state index in [1.165, 1.54) is 0 Å². The van der Waals surface area contributed by atoms with Gasteiger partial charge in [0, 0.05) is 26.4 Å². The third-order valence-corrected chi connectivity index (χ3v) is 3.27. The molecule has 3 rings (SSSR count). The van der Waals surface area contributed by atoms with Crippen LogP contribution in [0.15, 0.2) is 12.4 Å². The van der Waals surface area contributed by atoms with Crippen LogP contribution in [0.3, 0.4) is 0 Å². The molecule has 0 radical (unpaired) electrons. The lowest BCUT2D eigenvalue weighted by atomic mass is 10.1. The summed E-state index contributed by atoms with van der Waals surface area (Å²) in [6.07, 6.45) is 3.24. The second-order valence-corrected chi connectivity index (χ2v) is 4.47. The molecule has 0 aliphatic carbocycles. The van der Waals surface area contributed by atoms with Crippen LogP contribution in [0.25, 0.3) is 11.0 Å². The molecule has 0 bridgehead atoms. The first-order chi connectivity index (χ1) is 11.8. The molecule has 0 amide bonds. The Balaban J connectivity index is 0.000000671. The molecule has 1 aliphatic heterocycles. The van der Waals surface area contributed by atoms with Gasteiger partial charge in [-0.15, -0.1) is 0 Å². The van der Waals surface area contributed by atoms with Crippen molar-refractivity contribution in [2.24, 2.45) is 0 Å². The highest BCUT2D eigenvalue weighted by Gasteiger charge is 2.23. The van der Waals surface area contributed by atoms with Crippen molar-refractivity contribution >= 4 is 22.7 Å². The molecular formula is C16H26N4O4. The fourth-order valence-corrected chi connectivity index (χ4v) is 2.37. The number of carbonyl (C=O) groups excluding carboxylic acids is 1. The largest absolute Gasteiger partial charge is 0.462 e. The summed E-state index contributed by atoms with van der Waals surface area (Å²) in [5, 5.41) is 14.7. The number of aliphatic hydroxyl groups excluding tert-OH is 1. The monoisotopic (exact) mass is 338 g/mol. The van der Waals surface area contributed by atoms with Crippen molar-refractivity contribution in [2.75, 3.05) is 44.9 Å². The van der Waals surface area contributed by atoms with Crippen LogP contribution in [0, 0.1) is 0 Å². The van der Waals surface area contributed by atoms with E-state index in [0.717, 1.165) is 31.3 Å². The predicted octanol–water partition coefficient (Wildman–Crippen LogP) is 1.61. The van der Waals surface area contributed by atoms with Gasteiger partial charge in [-0.2, -0.15) is 5.10 Å². The van der Waals surface area contributed by atoms with E-state index in [9.17, 15) is 4.79 Å². The van der Waals surface area contributed by atoms with E-state index < -0.39 is 0 Å². The summed E-state index contributed by atoms with van der Waals surface area (Å²) in [6.45, 7) is 8.88. The number of aliphatic hydroxyl groups is 1. The number of anilines is 1. The quantitative estimate of drug-likeness (QED) is 0.820. The van der Waals surface area contributed by atoms with Gasteiger partial charge in [-0.05, 0) is 6.92 Å². The Labute approximate surface area is 141 Å². The Hall–Kier alpha value is -2.19. The molecule has 134 valence electrons. The van der Waals surface area contributed by atoms with Crippen LogP contribution >= 0.6 is 0 Å². The van der Waals surface area contributed by atoms with Gasteiger partial charge in [0.25, 0.3) is 0 Å². The maximum atomic E-state index is 12.1. The lowest BCUT2D eigenvalue weighted by Gasteiger charge is -2.30. The van der Waals surface area contributed by atoms with Crippen LogP contribution in [-0.4, -0.2) is 66.3 Å². The summed E-state index contributed by atoms with van der Waals surface area (Å²) < 4.78 is 10.5. The molecule has 8 heteroatoms. The van der Waals surface area contributed by atoms with Crippen molar-refractivity contribution < 1.29 is 19.4 Å². The third kappa shape index (κ3) is 4.42. The molecule has 1 aliphatic rings. The fourth-order valence-electron chi connectivity index (χ4n) is 2.37. The first-order valence-corrected chi connectivity index (χ1v) is 8.08. The number of H-pyrrole nitrogens is 1. The normalized spacial score (nSPS) is 13.5. The highest BCUT2D eigenvalue weighted by atomic mass is 16.5. The first kappa shape index (κ1) is 19.9. The van der Waals surface area contributed by atoms with Gasteiger partial charge in [-0.1, -0.05) is 13.8 Å². The van der Waals surface area contributed by atoms with E-state index in [1.54, 1.807) is 19.3 Å². The van der Waals surface area contributed by atoms with Crippen molar-refractivity contribution in [1.82, 2.24) is 15.2 Å². The minimum absolute atomic E-state index is 0.338. The number of aromatic nitrogens is 3. The number of nitrogens with zero attached hydrogens (tertiary/aromatic N) is 3. The van der Waals surface area contributed by atoms with Crippen LogP contribution in [0.5, 0.6) is 0 Å². The fraction of sp³-hybridized carbons (Fsp3) is 0.562. The second kappa shape index (κ2) is 10.6. The zero-order chi connectivity index (χ0) is 17.9. The molecule has 1 fully saturated rings. The van der Waals surface area contributed by atoms with Gasteiger partial charge in [-0.25, -0.2) is 9.78 Å². The molecule has 0 aromatic carbocycles. The SMILES string of the molecule is CC.CCOC(=O)c1cnc2[nH]ncc2c1N1CCOCC1.CO. The molecule has 2 aromatic rings. The van der Waals surface area contributed by atoms with E-state index >= 15 is 0 Å². The van der Waals surface area contributed by atoms with Gasteiger partial charge in [0.05, 0.1) is 37.1 Å². The average Bonchev–Trinajstić information content (AvgIpc) is 3.14. The Morgan fingerprint density at radius 3 is 2.62 bits per heavy atom. The van der Waals surface area contributed by atoms with Gasteiger partial charge < -0.3 is 19.5 Å². The van der Waals surface area contributed by atoms with Crippen molar-refractivity contribution in [2.45, 2.75) is 20.8 Å². The highest BCUT2D eigenvalue weighted by Crippen LogP contribution is 2.29. The van der Waals surface area contributed by atoms with E-state index in [1.807, 2.05) is 13.8 Å². The number of hydrogen-bond acceptors (Lipinski definition) is 7. The standard InChI is InChI=1S/C13H16N4O3.C2H6.CH4O/c1-2-20-13(18)10-7-14-12-9(8-15-16-12)11(10)17-3-5-19-6-4-17;2*1-2/h7-8H,2-6H2,1H3,(H,14,15,16);1-2H3;2H,1H3. The smallest absolute Gasteiger partial charge is 0.341 e. The number of carbonyl (C=O) groups is 1. The molecule has 8 nitrogen and oxygen atoms in total. The Kier molecular flexibility index (Phi) is 8.74. The molecule has 24 heavy (non-hydrogen) atoms. The van der Waals surface area contributed by atoms with Crippen LogP contribution in [-0.2, 0) is 9.47 Å². The Bertz CT molecular complexity index is 624. The summed E-state index contributed by atoms with van der Waals surface area (Å²) in [6, 6.07) is 0. The number of aromatic amines is 1. The zero-order valence-electron chi connectivity index (χ0n) is 14.7. The van der Waals surface area contributed by atoms with Crippen molar-refractivity contribution in [1.29, 1.82) is 0 Å². The minimum Gasteiger partial charge on any atom is -0.462 e. The number of fused-ring (bicyclic) bond motifs is 1. The van der Waals surface area contributed by atoms with Crippen LogP contribution in [0.1, 0.15) is 31.1 Å². The maximum Gasteiger partial charge on any atom is 0.341 e. The molecule has 0 spiro atoms. The number of pyridine rings is 1. The van der Waals surface area contributed by atoms with Gasteiger partial charge in [0.2, 0.25) is 0 Å². The summed E-state index contributed by atoms with van der Waals surface area (Å²) in [7, 11) is 1.00. The summed E-state index contributed by atoms with van der Waals surface area (Å²) in [5.41, 5.74) is 1.97. The highest BCUT2D eigenvalue weighted by molar-refractivity contribution is 6.04. The van der Waals surface area contributed by atoms with Crippen molar-refractivity contribution in [3.8, 4) is 0 Å². The predicted molar refractivity (Wildman–Crippen MR) is 92.4 cm³/mol. The van der Waals surface area contributed by atoms with Crippen LogP contribution in [0.2, 0.25) is 0 Å². The molecule has 2 aromatic heterocycles. The maximum absolute atomic E-state index is 12.1. The van der Waals surface area contributed by atoms with E-state index in [4.69, 9.17) is 14.6 Å².